The van der Waals surface area contributed by atoms with Crippen LogP contribution >= 0.6 is 0 Å². The van der Waals surface area contributed by atoms with E-state index in [1.54, 1.807) is 0 Å². The van der Waals surface area contributed by atoms with Crippen LogP contribution in [0.5, 0.6) is 5.75 Å². The third-order valence-corrected chi connectivity index (χ3v) is 2.45. The summed E-state index contributed by atoms with van der Waals surface area (Å²) in [5.41, 5.74) is 3.29. The highest BCUT2D eigenvalue weighted by Crippen LogP contribution is 2.39. The van der Waals surface area contributed by atoms with Gasteiger partial charge < -0.3 is 15.9 Å². The monoisotopic (exact) mass is 273 g/mol. The fourth-order valence-corrected chi connectivity index (χ4v) is 1.41. The van der Waals surface area contributed by atoms with Crippen LogP contribution in [0.1, 0.15) is 17.2 Å². The van der Waals surface area contributed by atoms with Gasteiger partial charge in [-0.25, -0.2) is 8.78 Å². The van der Waals surface area contributed by atoms with Crippen LogP contribution in [0.2, 0.25) is 0 Å². The third-order valence-electron chi connectivity index (χ3n) is 2.45. The molecule has 1 aromatic carbocycles. The first-order valence-electron chi connectivity index (χ1n) is 4.90. The van der Waals surface area contributed by atoms with Crippen LogP contribution in [-0.2, 0) is 0 Å². The number of phenols is 1. The summed E-state index contributed by atoms with van der Waals surface area (Å²) in [6.45, 7) is -1.60. The summed E-state index contributed by atoms with van der Waals surface area (Å²) in [6, 6.07) is 0.914. The molecule has 0 saturated carbocycles. The fourth-order valence-electron chi connectivity index (χ4n) is 1.41. The zero-order valence-electron chi connectivity index (χ0n) is 9.38. The molecular weight excluding hydrogens is 264 g/mol. The molecule has 0 bridgehead atoms. The highest BCUT2D eigenvalue weighted by molar-refractivity contribution is 5.57. The molecule has 1 atom stereocenters. The van der Waals surface area contributed by atoms with Gasteiger partial charge in [-0.1, -0.05) is 0 Å². The predicted octanol–water partition coefficient (Wildman–Crippen LogP) is 0.799. The third kappa shape index (κ3) is 2.75. The number of nitrogens with two attached hydrogens (primary N) is 1. The van der Waals surface area contributed by atoms with Gasteiger partial charge in [0.1, 0.15) is 12.6 Å². The minimum atomic E-state index is -3.79. The number of hydrogen-bond acceptors (Lipinski definition) is 6. The second-order valence-electron chi connectivity index (χ2n) is 3.70. The topological polar surface area (TPSA) is 133 Å². The van der Waals surface area contributed by atoms with Gasteiger partial charge in [0.25, 0.3) is 5.92 Å². The molecule has 0 spiro atoms. The van der Waals surface area contributed by atoms with Crippen LogP contribution in [0.25, 0.3) is 0 Å². The first kappa shape index (κ1) is 14.7. The summed E-state index contributed by atoms with van der Waals surface area (Å²) in [5.74, 6) is -4.84. The van der Waals surface area contributed by atoms with Crippen LogP contribution in [0.3, 0.4) is 0 Å². The normalized spacial score (nSPS) is 12.8. The lowest BCUT2D eigenvalue weighted by molar-refractivity contribution is -0.386. The molecule has 0 aliphatic carbocycles. The Morgan fingerprint density at radius 2 is 2.16 bits per heavy atom. The maximum atomic E-state index is 13.2. The second-order valence-corrected chi connectivity index (χ2v) is 3.70. The molecular formula is C10H9F2N3O4. The predicted molar refractivity (Wildman–Crippen MR) is 58.4 cm³/mol. The number of aromatic hydroxyl groups is 1. The first-order valence-corrected chi connectivity index (χ1v) is 4.90. The lowest BCUT2D eigenvalue weighted by Crippen LogP contribution is -2.36. The van der Waals surface area contributed by atoms with E-state index in [0.29, 0.717) is 0 Å². The van der Waals surface area contributed by atoms with E-state index in [9.17, 15) is 24.0 Å². The number of nitro benzene ring substituents is 1. The first-order chi connectivity index (χ1) is 8.74. The number of rotatable bonds is 4. The molecule has 9 heteroatoms. The molecule has 0 saturated heterocycles. The molecule has 0 aliphatic heterocycles. The van der Waals surface area contributed by atoms with E-state index in [2.05, 4.69) is 0 Å². The molecule has 0 amide bonds. The van der Waals surface area contributed by atoms with Crippen molar-refractivity contribution in [1.82, 2.24) is 0 Å². The maximum Gasteiger partial charge on any atom is 0.312 e. The Bertz CT molecular complexity index is 556. The van der Waals surface area contributed by atoms with Gasteiger partial charge in [-0.2, -0.15) is 5.26 Å². The zero-order valence-corrected chi connectivity index (χ0v) is 9.38. The Labute approximate surface area is 105 Å². The van der Waals surface area contributed by atoms with E-state index in [4.69, 9.17) is 16.1 Å². The maximum absolute atomic E-state index is 13.2. The van der Waals surface area contributed by atoms with Crippen molar-refractivity contribution in [3.63, 3.8) is 0 Å². The van der Waals surface area contributed by atoms with Crippen molar-refractivity contribution in [3.05, 3.63) is 33.4 Å². The Kier molecular flexibility index (Phi) is 3.98. The van der Waals surface area contributed by atoms with Gasteiger partial charge in [0.2, 0.25) is 0 Å². The minimum absolute atomic E-state index is 0.302. The Morgan fingerprint density at radius 3 is 2.58 bits per heavy atom. The molecule has 0 aromatic heterocycles. The number of nitrogens with zero attached hydrogens (tertiary/aromatic N) is 2. The smallest absolute Gasteiger partial charge is 0.312 e. The largest absolute Gasteiger partial charge is 0.502 e. The Balaban J connectivity index is 3.48. The number of aliphatic hydroxyl groups excluding tert-OH is 1. The average Bonchev–Trinajstić information content (AvgIpc) is 2.37. The Hall–Kier alpha value is -2.31. The zero-order chi connectivity index (χ0) is 14.8. The molecule has 4 N–H and O–H groups in total. The van der Waals surface area contributed by atoms with Crippen molar-refractivity contribution >= 4 is 5.69 Å². The van der Waals surface area contributed by atoms with Crippen LogP contribution in [0.15, 0.2) is 12.1 Å². The Morgan fingerprint density at radius 1 is 1.58 bits per heavy atom. The number of nitriles is 1. The van der Waals surface area contributed by atoms with Crippen molar-refractivity contribution in [2.75, 3.05) is 6.61 Å². The number of aliphatic hydroxyl groups is 1. The number of benzene rings is 1. The average molecular weight is 273 g/mol. The van der Waals surface area contributed by atoms with Gasteiger partial charge in [-0.15, -0.1) is 0 Å². The van der Waals surface area contributed by atoms with Gasteiger partial charge in [-0.3, -0.25) is 10.1 Å². The van der Waals surface area contributed by atoms with Gasteiger partial charge in [0.15, 0.2) is 5.75 Å². The van der Waals surface area contributed by atoms with E-state index in [-0.39, 0.29) is 5.56 Å². The minimum Gasteiger partial charge on any atom is -0.502 e. The van der Waals surface area contributed by atoms with E-state index < -0.39 is 40.5 Å². The molecule has 0 radical (unpaired) electrons. The summed E-state index contributed by atoms with van der Waals surface area (Å²) in [6.07, 6.45) is 0. The van der Waals surface area contributed by atoms with Crippen molar-refractivity contribution < 1.29 is 23.9 Å². The highest BCUT2D eigenvalue weighted by atomic mass is 19.3. The molecule has 0 aliphatic rings. The quantitative estimate of drug-likeness (QED) is 0.548. The van der Waals surface area contributed by atoms with E-state index in [1.165, 1.54) is 6.07 Å². The lowest BCUT2D eigenvalue weighted by atomic mass is 9.98. The summed E-state index contributed by atoms with van der Waals surface area (Å²) in [4.78, 5) is 9.62. The van der Waals surface area contributed by atoms with Crippen molar-refractivity contribution in [3.8, 4) is 11.8 Å². The highest BCUT2D eigenvalue weighted by Gasteiger charge is 2.40. The molecule has 0 unspecified atom stereocenters. The fraction of sp³-hybridized carbons (Fsp3) is 0.300. The second kappa shape index (κ2) is 5.13. The van der Waals surface area contributed by atoms with Crippen molar-refractivity contribution in [2.24, 2.45) is 5.73 Å². The molecule has 0 fully saturated rings. The van der Waals surface area contributed by atoms with Crippen molar-refractivity contribution in [1.29, 1.82) is 5.26 Å². The molecule has 19 heavy (non-hydrogen) atoms. The SMILES string of the molecule is N#Cc1cc([C@H](N)C(F)(F)CO)c(O)c([N+](=O)[O-])c1. The number of halogens is 2. The number of hydrogen-bond donors (Lipinski definition) is 3. The summed E-state index contributed by atoms with van der Waals surface area (Å²) in [7, 11) is 0. The van der Waals surface area contributed by atoms with Gasteiger partial charge in [-0.05, 0) is 6.07 Å². The van der Waals surface area contributed by atoms with Gasteiger partial charge >= 0.3 is 5.69 Å². The molecule has 1 aromatic rings. The van der Waals surface area contributed by atoms with E-state index in [0.717, 1.165) is 12.1 Å². The molecule has 0 heterocycles. The summed E-state index contributed by atoms with van der Waals surface area (Å²) < 4.78 is 26.5. The number of phenolic OH excluding ortho intramolecular Hbond substituents is 1. The molecule has 7 nitrogen and oxygen atoms in total. The van der Waals surface area contributed by atoms with Crippen LogP contribution in [0.4, 0.5) is 14.5 Å². The molecule has 1 rings (SSSR count). The summed E-state index contributed by atoms with van der Waals surface area (Å²) >= 11 is 0. The van der Waals surface area contributed by atoms with Gasteiger partial charge in [0, 0.05) is 11.6 Å². The molecule has 102 valence electrons. The van der Waals surface area contributed by atoms with Crippen LogP contribution < -0.4 is 5.73 Å². The van der Waals surface area contributed by atoms with Crippen LogP contribution in [0, 0.1) is 21.4 Å². The van der Waals surface area contributed by atoms with E-state index >= 15 is 0 Å². The van der Waals surface area contributed by atoms with E-state index in [1.807, 2.05) is 0 Å². The number of nitro groups is 1. The standard InChI is InChI=1S/C10H9F2N3O4/c11-10(12,4-16)9(14)6-1-5(3-13)2-7(8(6)17)15(18)19/h1-2,9,16-17H,4,14H2/t9-/m0/s1. The van der Waals surface area contributed by atoms with Crippen molar-refractivity contribution in [2.45, 2.75) is 12.0 Å². The van der Waals surface area contributed by atoms with Gasteiger partial charge in [0.05, 0.1) is 16.6 Å². The number of alkyl halides is 2. The van der Waals surface area contributed by atoms with Crippen LogP contribution in [-0.4, -0.2) is 27.7 Å². The summed E-state index contributed by atoms with van der Waals surface area (Å²) in [5, 5.41) is 37.4. The lowest BCUT2D eigenvalue weighted by Gasteiger charge is -2.22.